The van der Waals surface area contributed by atoms with Crippen LogP contribution in [0.5, 0.6) is 0 Å². The largest absolute Gasteiger partial charge is 0.408 e. The molecule has 164 valence electrons. The van der Waals surface area contributed by atoms with E-state index in [-0.39, 0.29) is 16.8 Å². The SMILES string of the molecule is Cc1c(C(=O)Nc2ccc(F)c(C#N)c2)c(F)n(C)c1C(=O)C(=O)NC(C)C(F)(F)F. The Morgan fingerprint density at radius 2 is 1.81 bits per heavy atom. The van der Waals surface area contributed by atoms with Crippen LogP contribution in [-0.4, -0.2) is 34.4 Å². The molecule has 1 atom stereocenters. The van der Waals surface area contributed by atoms with Crippen molar-refractivity contribution in [2.75, 3.05) is 5.32 Å². The molecule has 2 rings (SSSR count). The van der Waals surface area contributed by atoms with Crippen molar-refractivity contribution in [1.29, 1.82) is 5.26 Å². The van der Waals surface area contributed by atoms with Crippen molar-refractivity contribution in [1.82, 2.24) is 9.88 Å². The molecular formula is C19H15F5N4O3. The fraction of sp³-hybridized carbons (Fsp3) is 0.263. The number of alkyl halides is 3. The third kappa shape index (κ3) is 4.71. The first-order valence-corrected chi connectivity index (χ1v) is 8.57. The average molecular weight is 442 g/mol. The van der Waals surface area contributed by atoms with Gasteiger partial charge in [0.25, 0.3) is 17.6 Å². The van der Waals surface area contributed by atoms with Crippen LogP contribution < -0.4 is 10.6 Å². The molecule has 1 aromatic carbocycles. The highest BCUT2D eigenvalue weighted by Gasteiger charge is 2.39. The lowest BCUT2D eigenvalue weighted by molar-refractivity contribution is -0.156. The van der Waals surface area contributed by atoms with E-state index in [9.17, 15) is 36.3 Å². The van der Waals surface area contributed by atoms with Gasteiger partial charge in [0.15, 0.2) is 0 Å². The van der Waals surface area contributed by atoms with Crippen LogP contribution >= 0.6 is 0 Å². The molecule has 1 heterocycles. The maximum Gasteiger partial charge on any atom is 0.408 e. The minimum atomic E-state index is -4.80. The Hall–Kier alpha value is -3.75. The topological polar surface area (TPSA) is 104 Å². The summed E-state index contributed by atoms with van der Waals surface area (Å²) in [4.78, 5) is 36.8. The van der Waals surface area contributed by atoms with Crippen molar-refractivity contribution < 1.29 is 36.3 Å². The quantitative estimate of drug-likeness (QED) is 0.422. The summed E-state index contributed by atoms with van der Waals surface area (Å²) < 4.78 is 66.4. The number of Topliss-reactive ketones (excluding diaryl/α,β-unsaturated/α-hetero) is 1. The maximum absolute atomic E-state index is 14.6. The number of nitrogens with one attached hydrogen (secondary N) is 2. The number of amides is 2. The van der Waals surface area contributed by atoms with Crippen LogP contribution in [0.2, 0.25) is 0 Å². The Labute approximate surface area is 172 Å². The summed E-state index contributed by atoms with van der Waals surface area (Å²) in [6.07, 6.45) is -4.80. The molecule has 0 radical (unpaired) electrons. The van der Waals surface area contributed by atoms with Gasteiger partial charge in [-0.15, -0.1) is 0 Å². The van der Waals surface area contributed by atoms with Crippen molar-refractivity contribution in [3.63, 3.8) is 0 Å². The highest BCUT2D eigenvalue weighted by molar-refractivity contribution is 6.43. The fourth-order valence-electron chi connectivity index (χ4n) is 2.71. The van der Waals surface area contributed by atoms with Gasteiger partial charge in [-0.2, -0.15) is 22.8 Å². The number of hydrogen-bond acceptors (Lipinski definition) is 4. The van der Waals surface area contributed by atoms with Crippen LogP contribution in [0.4, 0.5) is 27.6 Å². The number of aromatic nitrogens is 1. The Morgan fingerprint density at radius 1 is 1.19 bits per heavy atom. The van der Waals surface area contributed by atoms with Crippen LogP contribution in [0, 0.1) is 30.0 Å². The maximum atomic E-state index is 14.6. The van der Waals surface area contributed by atoms with Crippen LogP contribution in [0.15, 0.2) is 18.2 Å². The molecule has 0 aliphatic heterocycles. The van der Waals surface area contributed by atoms with E-state index in [0.29, 0.717) is 11.5 Å². The zero-order valence-electron chi connectivity index (χ0n) is 16.3. The van der Waals surface area contributed by atoms with Crippen molar-refractivity contribution in [3.8, 4) is 6.07 Å². The van der Waals surface area contributed by atoms with Crippen LogP contribution in [0.25, 0.3) is 0 Å². The van der Waals surface area contributed by atoms with Gasteiger partial charge in [-0.1, -0.05) is 0 Å². The van der Waals surface area contributed by atoms with Crippen LogP contribution in [-0.2, 0) is 11.8 Å². The molecule has 0 saturated carbocycles. The molecule has 31 heavy (non-hydrogen) atoms. The van der Waals surface area contributed by atoms with E-state index in [1.54, 1.807) is 6.07 Å². The van der Waals surface area contributed by atoms with E-state index in [1.807, 2.05) is 0 Å². The van der Waals surface area contributed by atoms with Crippen molar-refractivity contribution in [2.24, 2.45) is 7.05 Å². The molecule has 1 aromatic heterocycles. The molecule has 0 aliphatic rings. The minimum Gasteiger partial charge on any atom is -0.338 e. The molecule has 2 N–H and O–H groups in total. The van der Waals surface area contributed by atoms with Gasteiger partial charge in [-0.3, -0.25) is 14.4 Å². The number of benzene rings is 1. The average Bonchev–Trinajstić information content (AvgIpc) is 2.90. The van der Waals surface area contributed by atoms with Crippen molar-refractivity contribution in [2.45, 2.75) is 26.1 Å². The first-order chi connectivity index (χ1) is 14.3. The molecule has 7 nitrogen and oxygen atoms in total. The summed E-state index contributed by atoms with van der Waals surface area (Å²) >= 11 is 0. The monoisotopic (exact) mass is 442 g/mol. The number of ketones is 1. The summed E-state index contributed by atoms with van der Waals surface area (Å²) in [5.74, 6) is -6.24. The van der Waals surface area contributed by atoms with Gasteiger partial charge in [0.2, 0.25) is 5.95 Å². The molecule has 12 heteroatoms. The van der Waals surface area contributed by atoms with Gasteiger partial charge < -0.3 is 15.2 Å². The summed E-state index contributed by atoms with van der Waals surface area (Å²) in [5.41, 5.74) is -1.98. The van der Waals surface area contributed by atoms with Gasteiger partial charge in [0.05, 0.1) is 11.1 Å². The van der Waals surface area contributed by atoms with E-state index in [1.165, 1.54) is 5.32 Å². The number of rotatable bonds is 5. The second-order valence-electron chi connectivity index (χ2n) is 6.52. The number of carbonyl (C=O) groups is 3. The molecular weight excluding hydrogens is 427 g/mol. The van der Waals surface area contributed by atoms with Crippen LogP contribution in [0.1, 0.15) is 38.9 Å². The Bertz CT molecular complexity index is 1120. The zero-order chi connectivity index (χ0) is 23.7. The van der Waals surface area contributed by atoms with Gasteiger partial charge in [-0.05, 0) is 37.6 Å². The standard InChI is InChI=1S/C19H15F5N4O3/c1-8-13(17(30)27-11-4-5-12(20)10(6-11)7-25)16(21)28(3)14(8)15(29)18(31)26-9(2)19(22,23)24/h4-6,9H,1-3H3,(H,26,31)(H,27,30). The predicted molar refractivity (Wildman–Crippen MR) is 97.2 cm³/mol. The van der Waals surface area contributed by atoms with E-state index >= 15 is 0 Å². The summed E-state index contributed by atoms with van der Waals surface area (Å²) in [5, 5.41) is 12.5. The smallest absolute Gasteiger partial charge is 0.338 e. The minimum absolute atomic E-state index is 0.0461. The summed E-state index contributed by atoms with van der Waals surface area (Å²) in [7, 11) is 1.01. The van der Waals surface area contributed by atoms with Crippen molar-refractivity contribution in [3.05, 3.63) is 52.3 Å². The van der Waals surface area contributed by atoms with E-state index in [2.05, 4.69) is 5.32 Å². The molecule has 0 fully saturated rings. The first kappa shape index (κ1) is 23.5. The van der Waals surface area contributed by atoms with Crippen molar-refractivity contribution >= 4 is 23.3 Å². The molecule has 0 bridgehead atoms. The van der Waals surface area contributed by atoms with Gasteiger partial charge in [-0.25, -0.2) is 4.39 Å². The second-order valence-corrected chi connectivity index (χ2v) is 6.52. The Morgan fingerprint density at radius 3 is 2.35 bits per heavy atom. The van der Waals surface area contributed by atoms with E-state index in [4.69, 9.17) is 5.26 Å². The third-order valence-electron chi connectivity index (χ3n) is 4.40. The lowest BCUT2D eigenvalue weighted by Crippen LogP contribution is -2.46. The number of anilines is 1. The molecule has 2 amide bonds. The van der Waals surface area contributed by atoms with E-state index < -0.39 is 52.8 Å². The second kappa shape index (κ2) is 8.55. The third-order valence-corrected chi connectivity index (χ3v) is 4.40. The molecule has 1 unspecified atom stereocenters. The Balaban J connectivity index is 2.35. The number of halogens is 5. The predicted octanol–water partition coefficient (Wildman–Crippen LogP) is 2.99. The summed E-state index contributed by atoms with van der Waals surface area (Å²) in [6, 6.07) is 2.26. The first-order valence-electron chi connectivity index (χ1n) is 8.57. The van der Waals surface area contributed by atoms with Gasteiger partial charge >= 0.3 is 6.18 Å². The molecule has 0 saturated heterocycles. The normalized spacial score (nSPS) is 12.1. The highest BCUT2D eigenvalue weighted by Crippen LogP contribution is 2.24. The molecule has 2 aromatic rings. The van der Waals surface area contributed by atoms with E-state index in [0.717, 1.165) is 32.2 Å². The van der Waals surface area contributed by atoms with Crippen LogP contribution in [0.3, 0.4) is 0 Å². The zero-order valence-corrected chi connectivity index (χ0v) is 16.3. The number of hydrogen-bond donors (Lipinski definition) is 2. The van der Waals surface area contributed by atoms with Gasteiger partial charge in [0.1, 0.15) is 23.6 Å². The molecule has 0 spiro atoms. The summed E-state index contributed by atoms with van der Waals surface area (Å²) in [6.45, 7) is 1.76. The fourth-order valence-corrected chi connectivity index (χ4v) is 2.71. The Kier molecular flexibility index (Phi) is 6.49. The molecule has 0 aliphatic carbocycles. The lowest BCUT2D eigenvalue weighted by Gasteiger charge is -2.16. The highest BCUT2D eigenvalue weighted by atomic mass is 19.4. The number of nitrogens with zero attached hydrogens (tertiary/aromatic N) is 2. The number of carbonyl (C=O) groups excluding carboxylic acids is 3. The lowest BCUT2D eigenvalue weighted by atomic mass is 10.1. The van der Waals surface area contributed by atoms with Gasteiger partial charge in [0, 0.05) is 12.7 Å². The number of nitriles is 1.